The molecule has 36 heavy (non-hydrogen) atoms. The Bertz CT molecular complexity index is 1470. The normalized spacial score (nSPS) is 11.3. The summed E-state index contributed by atoms with van der Waals surface area (Å²) in [6, 6.07) is 11.8. The van der Waals surface area contributed by atoms with Crippen LogP contribution in [0.15, 0.2) is 66.1 Å². The van der Waals surface area contributed by atoms with Crippen molar-refractivity contribution in [3.8, 4) is 11.6 Å². The highest BCUT2D eigenvalue weighted by Gasteiger charge is 2.21. The van der Waals surface area contributed by atoms with E-state index in [0.29, 0.717) is 34.0 Å². The maximum Gasteiger partial charge on any atom is 0.281 e. The highest BCUT2D eigenvalue weighted by molar-refractivity contribution is 5.77. The summed E-state index contributed by atoms with van der Waals surface area (Å²) >= 11 is 0. The van der Waals surface area contributed by atoms with Gasteiger partial charge in [-0.1, -0.05) is 12.1 Å². The number of pyridine rings is 1. The van der Waals surface area contributed by atoms with Gasteiger partial charge in [-0.05, 0) is 50.2 Å². The Balaban J connectivity index is 1.71. The molecule has 0 saturated heterocycles. The highest BCUT2D eigenvalue weighted by Crippen LogP contribution is 2.22. The Morgan fingerprint density at radius 1 is 1.19 bits per heavy atom. The van der Waals surface area contributed by atoms with E-state index in [4.69, 9.17) is 9.94 Å². The van der Waals surface area contributed by atoms with Gasteiger partial charge in [-0.25, -0.2) is 24.8 Å². The molecule has 0 bridgehead atoms. The van der Waals surface area contributed by atoms with E-state index in [1.807, 2.05) is 0 Å². The number of nitrogens with zero attached hydrogens (tertiary/aromatic N) is 5. The molecule has 0 aliphatic heterocycles. The number of aliphatic hydroxyl groups is 1. The molecule has 4 N–H and O–H groups in total. The van der Waals surface area contributed by atoms with Crippen LogP contribution in [0.4, 0.5) is 11.6 Å². The van der Waals surface area contributed by atoms with E-state index >= 15 is 0 Å². The van der Waals surface area contributed by atoms with Gasteiger partial charge in [-0.15, -0.1) is 6.58 Å². The number of carbonyl (C=O) groups excluding carboxylic acids is 1. The first-order valence-electron chi connectivity index (χ1n) is 10.9. The predicted molar refractivity (Wildman–Crippen MR) is 132 cm³/mol. The molecule has 4 rings (SSSR count). The number of rotatable bonds is 9. The first-order chi connectivity index (χ1) is 17.2. The van der Waals surface area contributed by atoms with Crippen LogP contribution < -0.4 is 21.1 Å². The molecule has 186 valence electrons. The summed E-state index contributed by atoms with van der Waals surface area (Å²) in [5.74, 6) is 0.394. The van der Waals surface area contributed by atoms with Gasteiger partial charge in [0.2, 0.25) is 5.95 Å². The number of nitrogens with one attached hydrogen (secondary N) is 2. The minimum atomic E-state index is -1.18. The summed E-state index contributed by atoms with van der Waals surface area (Å²) in [7, 11) is 0. The molecule has 12 nitrogen and oxygen atoms in total. The van der Waals surface area contributed by atoms with Crippen LogP contribution in [0, 0.1) is 0 Å². The molecule has 0 fully saturated rings. The highest BCUT2D eigenvalue weighted by atomic mass is 16.5. The van der Waals surface area contributed by atoms with E-state index in [1.54, 1.807) is 67.1 Å². The summed E-state index contributed by atoms with van der Waals surface area (Å²) in [5.41, 5.74) is 1.41. The molecule has 0 saturated carbocycles. The van der Waals surface area contributed by atoms with Gasteiger partial charge in [0.05, 0.1) is 12.2 Å². The van der Waals surface area contributed by atoms with E-state index < -0.39 is 11.5 Å². The third-order valence-corrected chi connectivity index (χ3v) is 5.16. The van der Waals surface area contributed by atoms with Crippen LogP contribution in [0.1, 0.15) is 19.5 Å². The number of allylic oxidation sites excluding steroid dienone is 1. The third kappa shape index (κ3) is 5.09. The van der Waals surface area contributed by atoms with Gasteiger partial charge < -0.3 is 15.2 Å². The molecule has 0 aliphatic carbocycles. The second-order valence-corrected chi connectivity index (χ2v) is 8.33. The lowest BCUT2D eigenvalue weighted by Crippen LogP contribution is -2.25. The van der Waals surface area contributed by atoms with Crippen LogP contribution in [0.2, 0.25) is 0 Å². The number of aromatic nitrogens is 5. The molecule has 0 aliphatic rings. The first kappa shape index (κ1) is 24.6. The zero-order valence-corrected chi connectivity index (χ0v) is 19.7. The summed E-state index contributed by atoms with van der Waals surface area (Å²) in [5, 5.41) is 22.3. The van der Waals surface area contributed by atoms with Crippen molar-refractivity contribution < 1.29 is 19.8 Å². The summed E-state index contributed by atoms with van der Waals surface area (Å²) in [4.78, 5) is 37.6. The fourth-order valence-corrected chi connectivity index (χ4v) is 3.44. The average molecular weight is 492 g/mol. The maximum absolute atomic E-state index is 13.1. The van der Waals surface area contributed by atoms with Crippen LogP contribution in [0.25, 0.3) is 16.9 Å². The van der Waals surface area contributed by atoms with E-state index in [1.165, 1.54) is 16.4 Å². The molecule has 3 heterocycles. The van der Waals surface area contributed by atoms with Gasteiger partial charge in [-0.3, -0.25) is 14.8 Å². The van der Waals surface area contributed by atoms with Crippen LogP contribution in [-0.2, 0) is 16.9 Å². The molecule has 0 spiro atoms. The molecule has 0 atom stereocenters. The fourth-order valence-electron chi connectivity index (χ4n) is 3.44. The Labute approximate surface area is 205 Å². The predicted octanol–water partition coefficient (Wildman–Crippen LogP) is 2.02. The van der Waals surface area contributed by atoms with Crippen molar-refractivity contribution in [1.29, 1.82) is 0 Å². The van der Waals surface area contributed by atoms with Crippen molar-refractivity contribution in [2.24, 2.45) is 0 Å². The lowest BCUT2D eigenvalue weighted by Gasteiger charge is -2.18. The molecule has 3 aromatic heterocycles. The number of carbonyl (C=O) groups is 1. The van der Waals surface area contributed by atoms with Crippen molar-refractivity contribution in [3.05, 3.63) is 77.4 Å². The van der Waals surface area contributed by atoms with Crippen molar-refractivity contribution >= 4 is 28.6 Å². The topological polar surface area (TPSA) is 156 Å². The quantitative estimate of drug-likeness (QED) is 0.156. The minimum absolute atomic E-state index is 0.210. The fraction of sp³-hybridized carbons (Fsp3) is 0.208. The van der Waals surface area contributed by atoms with Gasteiger partial charge in [-0.2, -0.15) is 4.98 Å². The monoisotopic (exact) mass is 491 g/mol. The minimum Gasteiger partial charge on any atom is -0.484 e. The standard InChI is InChI=1S/C24H25N7O5/c1-4-12-30-22(33)17-13-25-23(26-15-8-10-16(11-9-15)36-14-20(32)29-35)28-21(17)31(30)19-7-5-6-18(27-19)24(2,3)34/h4-11,13,34-35H,1,12,14H2,2-3H3,(H,29,32)(H,25,26,28). The van der Waals surface area contributed by atoms with Crippen LogP contribution in [-0.4, -0.2) is 47.1 Å². The molecule has 0 radical (unpaired) electrons. The Hall–Kier alpha value is -4.55. The Morgan fingerprint density at radius 2 is 1.94 bits per heavy atom. The van der Waals surface area contributed by atoms with Crippen molar-refractivity contribution in [3.63, 3.8) is 0 Å². The lowest BCUT2D eigenvalue weighted by atomic mass is 10.1. The van der Waals surface area contributed by atoms with Gasteiger partial charge in [0.15, 0.2) is 18.1 Å². The SMILES string of the molecule is C=CCn1c(=O)c2cnc(Nc3ccc(OCC(=O)NO)cc3)nc2n1-c1cccc(C(C)(C)O)n1. The van der Waals surface area contributed by atoms with Gasteiger partial charge in [0.1, 0.15) is 16.7 Å². The molecule has 1 aromatic carbocycles. The third-order valence-electron chi connectivity index (χ3n) is 5.16. The Morgan fingerprint density at radius 3 is 2.61 bits per heavy atom. The van der Waals surface area contributed by atoms with Crippen molar-refractivity contribution in [2.45, 2.75) is 26.0 Å². The van der Waals surface area contributed by atoms with Crippen LogP contribution in [0.3, 0.4) is 0 Å². The van der Waals surface area contributed by atoms with E-state index in [0.717, 1.165) is 0 Å². The zero-order valence-electron chi connectivity index (χ0n) is 19.7. The molecule has 12 heteroatoms. The van der Waals surface area contributed by atoms with E-state index in [2.05, 4.69) is 26.8 Å². The lowest BCUT2D eigenvalue weighted by molar-refractivity contribution is -0.131. The number of amides is 1. The molecular weight excluding hydrogens is 466 g/mol. The number of ether oxygens (including phenoxy) is 1. The smallest absolute Gasteiger partial charge is 0.281 e. The molecule has 1 amide bonds. The average Bonchev–Trinajstić information content (AvgIpc) is 3.14. The number of hydroxylamine groups is 1. The largest absolute Gasteiger partial charge is 0.484 e. The maximum atomic E-state index is 13.1. The second kappa shape index (κ2) is 9.98. The number of fused-ring (bicyclic) bond motifs is 1. The zero-order chi connectivity index (χ0) is 25.9. The first-order valence-corrected chi connectivity index (χ1v) is 10.9. The summed E-state index contributed by atoms with van der Waals surface area (Å²) < 4.78 is 8.27. The van der Waals surface area contributed by atoms with Crippen LogP contribution in [0.5, 0.6) is 5.75 Å². The van der Waals surface area contributed by atoms with Gasteiger partial charge >= 0.3 is 0 Å². The van der Waals surface area contributed by atoms with E-state index in [-0.39, 0.29) is 24.7 Å². The van der Waals surface area contributed by atoms with E-state index in [9.17, 15) is 14.7 Å². The van der Waals surface area contributed by atoms with Crippen LogP contribution >= 0.6 is 0 Å². The van der Waals surface area contributed by atoms with Crippen molar-refractivity contribution in [1.82, 2.24) is 29.8 Å². The number of hydrogen-bond acceptors (Lipinski definition) is 9. The van der Waals surface area contributed by atoms with Crippen molar-refractivity contribution in [2.75, 3.05) is 11.9 Å². The molecular formula is C24H25N7O5. The molecule has 0 unspecified atom stereocenters. The number of anilines is 2. The Kier molecular flexibility index (Phi) is 6.81. The summed E-state index contributed by atoms with van der Waals surface area (Å²) in [6.07, 6.45) is 3.03. The second-order valence-electron chi connectivity index (χ2n) is 8.33. The number of benzene rings is 1. The number of hydrogen-bond donors (Lipinski definition) is 4. The molecule has 4 aromatic rings. The van der Waals surface area contributed by atoms with Gasteiger partial charge in [0.25, 0.3) is 11.5 Å². The summed E-state index contributed by atoms with van der Waals surface area (Å²) in [6.45, 7) is 6.88. The van der Waals surface area contributed by atoms with Gasteiger partial charge in [0, 0.05) is 11.9 Å².